The molecule has 0 aliphatic heterocycles. The van der Waals surface area contributed by atoms with E-state index in [-0.39, 0.29) is 6.04 Å². The highest BCUT2D eigenvalue weighted by Gasteiger charge is 2.31. The molecule has 0 bridgehead atoms. The van der Waals surface area contributed by atoms with Gasteiger partial charge in [0.25, 0.3) is 0 Å². The molecule has 112 valence electrons. The fourth-order valence-electron chi connectivity index (χ4n) is 1.92. The van der Waals surface area contributed by atoms with E-state index in [4.69, 9.17) is 0 Å². The van der Waals surface area contributed by atoms with E-state index in [1.165, 1.54) is 0 Å². The van der Waals surface area contributed by atoms with Crippen molar-refractivity contribution in [3.63, 3.8) is 0 Å². The normalized spacial score (nSPS) is 13.0. The number of rotatable bonds is 3. The minimum absolute atomic E-state index is 0.0858. The van der Waals surface area contributed by atoms with Gasteiger partial charge in [0, 0.05) is 19.8 Å². The first-order valence-corrected chi connectivity index (χ1v) is 8.02. The van der Waals surface area contributed by atoms with Gasteiger partial charge in [-0.25, -0.2) is 0 Å². The van der Waals surface area contributed by atoms with Crippen molar-refractivity contribution in [1.82, 2.24) is 0 Å². The van der Waals surface area contributed by atoms with Gasteiger partial charge in [0.15, 0.2) is 0 Å². The van der Waals surface area contributed by atoms with Crippen LogP contribution in [0.2, 0.25) is 0 Å². The zero-order valence-corrected chi connectivity index (χ0v) is 14.8. The summed E-state index contributed by atoms with van der Waals surface area (Å²) in [5.41, 5.74) is 0.779. The first kappa shape index (κ1) is 16.6. The van der Waals surface area contributed by atoms with Gasteiger partial charge in [0.05, 0.1) is 5.56 Å². The van der Waals surface area contributed by atoms with Gasteiger partial charge in [0.2, 0.25) is 0 Å². The summed E-state index contributed by atoms with van der Waals surface area (Å²) in [7, 11) is 0. The molecular formula is C15H12BrF3IN. The van der Waals surface area contributed by atoms with Gasteiger partial charge in [0.1, 0.15) is 0 Å². The summed E-state index contributed by atoms with van der Waals surface area (Å²) in [6, 6.07) is 11.6. The lowest BCUT2D eigenvalue weighted by atomic mass is 10.1. The Morgan fingerprint density at radius 1 is 1.10 bits per heavy atom. The van der Waals surface area contributed by atoms with E-state index in [0.29, 0.717) is 10.2 Å². The Hall–Kier alpha value is -0.760. The SMILES string of the molecule is CC(Nc1cc(Br)cc(C(F)(F)F)c1)c1ccc(I)cc1. The summed E-state index contributed by atoms with van der Waals surface area (Å²) in [6.45, 7) is 1.91. The molecule has 2 aromatic carbocycles. The van der Waals surface area contributed by atoms with Gasteiger partial charge in [-0.05, 0) is 65.4 Å². The maximum absolute atomic E-state index is 12.8. The van der Waals surface area contributed by atoms with Gasteiger partial charge in [-0.3, -0.25) is 0 Å². The summed E-state index contributed by atoms with van der Waals surface area (Å²) >= 11 is 5.33. The Bertz CT molecular complexity index is 626. The zero-order valence-electron chi connectivity index (χ0n) is 11.0. The summed E-state index contributed by atoms with van der Waals surface area (Å²) in [6.07, 6.45) is -4.35. The third-order valence-electron chi connectivity index (χ3n) is 2.98. The highest BCUT2D eigenvalue weighted by atomic mass is 127. The Balaban J connectivity index is 2.23. The second-order valence-corrected chi connectivity index (χ2v) is 6.81. The molecule has 0 aromatic heterocycles. The van der Waals surface area contributed by atoms with Gasteiger partial charge in [-0.1, -0.05) is 28.1 Å². The third-order valence-corrected chi connectivity index (χ3v) is 4.16. The molecular weight excluding hydrogens is 458 g/mol. The van der Waals surface area contributed by atoms with Gasteiger partial charge in [-0.2, -0.15) is 13.2 Å². The molecule has 0 heterocycles. The Morgan fingerprint density at radius 2 is 1.71 bits per heavy atom. The number of hydrogen-bond donors (Lipinski definition) is 1. The Morgan fingerprint density at radius 3 is 2.29 bits per heavy atom. The molecule has 2 aromatic rings. The van der Waals surface area contributed by atoms with E-state index in [1.54, 1.807) is 6.07 Å². The van der Waals surface area contributed by atoms with Crippen LogP contribution in [0.5, 0.6) is 0 Å². The third kappa shape index (κ3) is 4.60. The molecule has 0 radical (unpaired) electrons. The van der Waals surface area contributed by atoms with Crippen LogP contribution < -0.4 is 5.32 Å². The first-order chi connectivity index (χ1) is 9.75. The molecule has 0 aliphatic carbocycles. The lowest BCUT2D eigenvalue weighted by molar-refractivity contribution is -0.137. The van der Waals surface area contributed by atoms with Crippen LogP contribution in [0.3, 0.4) is 0 Å². The lowest BCUT2D eigenvalue weighted by Crippen LogP contribution is -2.09. The number of halogens is 5. The topological polar surface area (TPSA) is 12.0 Å². The minimum atomic E-state index is -4.35. The van der Waals surface area contributed by atoms with Crippen LogP contribution in [0, 0.1) is 3.57 Å². The molecule has 0 saturated heterocycles. The van der Waals surface area contributed by atoms with Crippen LogP contribution in [-0.2, 0) is 6.18 Å². The molecule has 0 fully saturated rings. The molecule has 0 spiro atoms. The van der Waals surface area contributed by atoms with E-state index < -0.39 is 11.7 Å². The van der Waals surface area contributed by atoms with Crippen molar-refractivity contribution in [1.29, 1.82) is 0 Å². The highest BCUT2D eigenvalue weighted by molar-refractivity contribution is 14.1. The molecule has 0 amide bonds. The summed E-state index contributed by atoms with van der Waals surface area (Å²) in [5, 5.41) is 3.10. The summed E-state index contributed by atoms with van der Waals surface area (Å²) < 4.78 is 39.9. The van der Waals surface area contributed by atoms with Crippen molar-refractivity contribution in [3.05, 3.63) is 61.6 Å². The molecule has 1 nitrogen and oxygen atoms in total. The quantitative estimate of drug-likeness (QED) is 0.524. The van der Waals surface area contributed by atoms with Crippen molar-refractivity contribution in [2.75, 3.05) is 5.32 Å². The van der Waals surface area contributed by atoms with Crippen LogP contribution in [-0.4, -0.2) is 0 Å². The lowest BCUT2D eigenvalue weighted by Gasteiger charge is -2.17. The molecule has 1 N–H and O–H groups in total. The number of alkyl halides is 3. The smallest absolute Gasteiger partial charge is 0.378 e. The number of nitrogens with one attached hydrogen (secondary N) is 1. The van der Waals surface area contributed by atoms with Crippen molar-refractivity contribution in [3.8, 4) is 0 Å². The molecule has 1 unspecified atom stereocenters. The largest absolute Gasteiger partial charge is 0.416 e. The van der Waals surface area contributed by atoms with Crippen LogP contribution >= 0.6 is 38.5 Å². The molecule has 2 rings (SSSR count). The maximum Gasteiger partial charge on any atom is 0.416 e. The van der Waals surface area contributed by atoms with Gasteiger partial charge >= 0.3 is 6.18 Å². The average Bonchev–Trinajstić information content (AvgIpc) is 2.37. The van der Waals surface area contributed by atoms with Crippen molar-refractivity contribution >= 4 is 44.2 Å². The first-order valence-electron chi connectivity index (χ1n) is 6.15. The monoisotopic (exact) mass is 469 g/mol. The fraction of sp³-hybridized carbons (Fsp3) is 0.200. The summed E-state index contributed by atoms with van der Waals surface area (Å²) in [5.74, 6) is 0. The molecule has 21 heavy (non-hydrogen) atoms. The van der Waals surface area contributed by atoms with Crippen LogP contribution in [0.15, 0.2) is 46.9 Å². The summed E-state index contributed by atoms with van der Waals surface area (Å²) in [4.78, 5) is 0. The Kier molecular flexibility index (Phi) is 5.19. The average molecular weight is 470 g/mol. The maximum atomic E-state index is 12.8. The molecule has 0 saturated carbocycles. The van der Waals surface area contributed by atoms with Gasteiger partial charge < -0.3 is 5.32 Å². The molecule has 1 atom stereocenters. The number of hydrogen-bond acceptors (Lipinski definition) is 1. The van der Waals surface area contributed by atoms with E-state index >= 15 is 0 Å². The van der Waals surface area contributed by atoms with Crippen LogP contribution in [0.4, 0.5) is 18.9 Å². The number of anilines is 1. The van der Waals surface area contributed by atoms with Crippen molar-refractivity contribution < 1.29 is 13.2 Å². The zero-order chi connectivity index (χ0) is 15.6. The van der Waals surface area contributed by atoms with E-state index in [9.17, 15) is 13.2 Å². The van der Waals surface area contributed by atoms with E-state index in [1.807, 2.05) is 31.2 Å². The Labute approximate surface area is 143 Å². The van der Waals surface area contributed by atoms with E-state index in [0.717, 1.165) is 21.3 Å². The fourth-order valence-corrected chi connectivity index (χ4v) is 2.77. The number of benzene rings is 2. The van der Waals surface area contributed by atoms with Gasteiger partial charge in [-0.15, -0.1) is 0 Å². The second-order valence-electron chi connectivity index (χ2n) is 4.64. The molecule has 6 heteroatoms. The highest BCUT2D eigenvalue weighted by Crippen LogP contribution is 2.34. The van der Waals surface area contributed by atoms with Crippen LogP contribution in [0.1, 0.15) is 24.1 Å². The van der Waals surface area contributed by atoms with E-state index in [2.05, 4.69) is 43.8 Å². The predicted molar refractivity (Wildman–Crippen MR) is 90.3 cm³/mol. The van der Waals surface area contributed by atoms with Crippen molar-refractivity contribution in [2.45, 2.75) is 19.1 Å². The standard InChI is InChI=1S/C15H12BrF3IN/c1-9(10-2-4-13(20)5-3-10)21-14-7-11(15(17,18)19)6-12(16)8-14/h2-9,21H,1H3. The molecule has 0 aliphatic rings. The second kappa shape index (κ2) is 6.56. The van der Waals surface area contributed by atoms with Crippen LogP contribution in [0.25, 0.3) is 0 Å². The predicted octanol–water partition coefficient (Wildman–Crippen LogP) is 6.25. The van der Waals surface area contributed by atoms with Crippen molar-refractivity contribution in [2.24, 2.45) is 0 Å². The minimum Gasteiger partial charge on any atom is -0.378 e.